The molecule has 0 aromatic heterocycles. The van der Waals surface area contributed by atoms with E-state index in [0.29, 0.717) is 18.7 Å². The number of piperidine rings is 1. The molecule has 2 atom stereocenters. The average molecular weight is 384 g/mol. The first kappa shape index (κ1) is 18.2. The standard InChI is InChI=1S/C14H20BrClN2O.ClH/c1-19-12-4-5-18(11(7-12)8-17)9-10-2-3-13(15)14(16)6-10;/h2-3,6,11-12H,4-5,7-9,17H2,1H3;1H. The first-order valence-electron chi connectivity index (χ1n) is 6.55. The lowest BCUT2D eigenvalue weighted by molar-refractivity contribution is 0.0102. The van der Waals surface area contributed by atoms with E-state index in [1.165, 1.54) is 5.56 Å². The molecule has 2 rings (SSSR count). The number of methoxy groups -OCH3 is 1. The van der Waals surface area contributed by atoms with Crippen molar-refractivity contribution in [3.8, 4) is 0 Å². The third kappa shape index (κ3) is 4.58. The first-order valence-corrected chi connectivity index (χ1v) is 7.72. The van der Waals surface area contributed by atoms with Gasteiger partial charge in [-0.3, -0.25) is 4.90 Å². The summed E-state index contributed by atoms with van der Waals surface area (Å²) in [4.78, 5) is 2.43. The van der Waals surface area contributed by atoms with Crippen LogP contribution in [0, 0.1) is 0 Å². The number of nitrogens with zero attached hydrogens (tertiary/aromatic N) is 1. The van der Waals surface area contributed by atoms with Gasteiger partial charge >= 0.3 is 0 Å². The van der Waals surface area contributed by atoms with Crippen LogP contribution in [0.3, 0.4) is 0 Å². The summed E-state index contributed by atoms with van der Waals surface area (Å²) in [5.74, 6) is 0. The number of hydrogen-bond donors (Lipinski definition) is 1. The van der Waals surface area contributed by atoms with Crippen LogP contribution in [0.4, 0.5) is 0 Å². The van der Waals surface area contributed by atoms with Gasteiger partial charge in [0.15, 0.2) is 0 Å². The van der Waals surface area contributed by atoms with Crippen molar-refractivity contribution in [2.24, 2.45) is 5.73 Å². The van der Waals surface area contributed by atoms with Gasteiger partial charge in [0.05, 0.1) is 11.1 Å². The predicted octanol–water partition coefficient (Wildman–Crippen LogP) is 3.46. The molecule has 1 saturated heterocycles. The Hall–Kier alpha value is 0.160. The zero-order valence-electron chi connectivity index (χ0n) is 11.5. The van der Waals surface area contributed by atoms with Crippen LogP contribution in [0.5, 0.6) is 0 Å². The maximum absolute atomic E-state index is 6.14. The summed E-state index contributed by atoms with van der Waals surface area (Å²) >= 11 is 9.55. The van der Waals surface area contributed by atoms with Crippen molar-refractivity contribution in [1.29, 1.82) is 0 Å². The normalized spacial score (nSPS) is 23.4. The summed E-state index contributed by atoms with van der Waals surface area (Å²) in [5, 5.41) is 0.758. The lowest BCUT2D eigenvalue weighted by atomic mass is 9.98. The van der Waals surface area contributed by atoms with Gasteiger partial charge in [0.25, 0.3) is 0 Å². The molecule has 2 N–H and O–H groups in total. The van der Waals surface area contributed by atoms with Crippen LogP contribution in [0.1, 0.15) is 18.4 Å². The second-order valence-corrected chi connectivity index (χ2v) is 6.25. The quantitative estimate of drug-likeness (QED) is 0.865. The van der Waals surface area contributed by atoms with Crippen molar-refractivity contribution in [3.05, 3.63) is 33.3 Å². The molecule has 0 aliphatic carbocycles. The van der Waals surface area contributed by atoms with Gasteiger partial charge < -0.3 is 10.5 Å². The summed E-state index contributed by atoms with van der Waals surface area (Å²) in [7, 11) is 1.78. The van der Waals surface area contributed by atoms with Crippen molar-refractivity contribution in [1.82, 2.24) is 4.90 Å². The molecule has 1 fully saturated rings. The molecule has 1 aliphatic rings. The SMILES string of the molecule is COC1CCN(Cc2ccc(Br)c(Cl)c2)C(CN)C1.Cl. The number of benzene rings is 1. The predicted molar refractivity (Wildman–Crippen MR) is 89.7 cm³/mol. The van der Waals surface area contributed by atoms with Gasteiger partial charge in [-0.1, -0.05) is 17.7 Å². The Labute approximate surface area is 140 Å². The van der Waals surface area contributed by atoms with E-state index >= 15 is 0 Å². The summed E-state index contributed by atoms with van der Waals surface area (Å²) in [6.07, 6.45) is 2.42. The lowest BCUT2D eigenvalue weighted by Crippen LogP contribution is -2.47. The van der Waals surface area contributed by atoms with E-state index in [9.17, 15) is 0 Å². The Morgan fingerprint density at radius 2 is 2.25 bits per heavy atom. The molecule has 1 aliphatic heterocycles. The van der Waals surface area contributed by atoms with Crippen molar-refractivity contribution < 1.29 is 4.74 Å². The number of likely N-dealkylation sites (tertiary alicyclic amines) is 1. The van der Waals surface area contributed by atoms with E-state index < -0.39 is 0 Å². The van der Waals surface area contributed by atoms with Crippen LogP contribution in [-0.4, -0.2) is 37.2 Å². The Morgan fingerprint density at radius 3 is 2.85 bits per heavy atom. The Kier molecular flexibility index (Phi) is 7.80. The molecule has 0 amide bonds. The van der Waals surface area contributed by atoms with Crippen molar-refractivity contribution in [3.63, 3.8) is 0 Å². The minimum atomic E-state index is 0. The summed E-state index contributed by atoms with van der Waals surface area (Å²) in [5.41, 5.74) is 7.11. The molecular formula is C14H21BrCl2N2O. The second-order valence-electron chi connectivity index (χ2n) is 4.99. The van der Waals surface area contributed by atoms with Crippen molar-refractivity contribution in [2.75, 3.05) is 20.2 Å². The van der Waals surface area contributed by atoms with Gasteiger partial charge in [-0.05, 0) is 46.5 Å². The van der Waals surface area contributed by atoms with E-state index in [2.05, 4.69) is 26.9 Å². The van der Waals surface area contributed by atoms with Crippen LogP contribution in [0.2, 0.25) is 5.02 Å². The van der Waals surface area contributed by atoms with E-state index in [-0.39, 0.29) is 12.4 Å². The highest BCUT2D eigenvalue weighted by molar-refractivity contribution is 9.10. The fraction of sp³-hybridized carbons (Fsp3) is 0.571. The molecule has 0 saturated carbocycles. The number of hydrogen-bond acceptors (Lipinski definition) is 3. The maximum Gasteiger partial charge on any atom is 0.0599 e. The van der Waals surface area contributed by atoms with Gasteiger partial charge in [0, 0.05) is 37.3 Å². The topological polar surface area (TPSA) is 38.5 Å². The lowest BCUT2D eigenvalue weighted by Gasteiger charge is -2.38. The zero-order chi connectivity index (χ0) is 13.8. The molecule has 114 valence electrons. The highest BCUT2D eigenvalue weighted by atomic mass is 79.9. The van der Waals surface area contributed by atoms with E-state index in [1.54, 1.807) is 7.11 Å². The largest absolute Gasteiger partial charge is 0.381 e. The minimum absolute atomic E-state index is 0. The highest BCUT2D eigenvalue weighted by Gasteiger charge is 2.27. The Balaban J connectivity index is 0.00000200. The molecule has 1 aromatic rings. The Morgan fingerprint density at radius 1 is 1.50 bits per heavy atom. The van der Waals surface area contributed by atoms with Gasteiger partial charge in [-0.25, -0.2) is 0 Å². The monoisotopic (exact) mass is 382 g/mol. The van der Waals surface area contributed by atoms with Crippen LogP contribution >= 0.6 is 39.9 Å². The number of ether oxygens (including phenoxy) is 1. The molecule has 20 heavy (non-hydrogen) atoms. The van der Waals surface area contributed by atoms with Crippen LogP contribution < -0.4 is 5.73 Å². The molecule has 0 bridgehead atoms. The van der Waals surface area contributed by atoms with E-state index in [1.807, 2.05) is 12.1 Å². The third-order valence-electron chi connectivity index (χ3n) is 3.76. The summed E-state index contributed by atoms with van der Waals surface area (Å²) in [6.45, 7) is 2.59. The van der Waals surface area contributed by atoms with Crippen LogP contribution in [0.25, 0.3) is 0 Å². The van der Waals surface area contributed by atoms with E-state index in [4.69, 9.17) is 22.1 Å². The first-order chi connectivity index (χ1) is 9.13. The van der Waals surface area contributed by atoms with Gasteiger partial charge in [-0.15, -0.1) is 12.4 Å². The second kappa shape index (κ2) is 8.57. The van der Waals surface area contributed by atoms with Crippen molar-refractivity contribution in [2.45, 2.75) is 31.5 Å². The maximum atomic E-state index is 6.14. The van der Waals surface area contributed by atoms with Crippen LogP contribution in [-0.2, 0) is 11.3 Å². The minimum Gasteiger partial charge on any atom is -0.381 e. The molecule has 0 spiro atoms. The molecule has 0 radical (unpaired) electrons. The highest BCUT2D eigenvalue weighted by Crippen LogP contribution is 2.26. The summed E-state index contributed by atoms with van der Waals surface area (Å²) in [6, 6.07) is 6.51. The van der Waals surface area contributed by atoms with Crippen LogP contribution in [0.15, 0.2) is 22.7 Å². The number of halogens is 3. The third-order valence-corrected chi connectivity index (χ3v) is 5.00. The fourth-order valence-electron chi connectivity index (χ4n) is 2.60. The van der Waals surface area contributed by atoms with Crippen molar-refractivity contribution >= 4 is 39.9 Å². The fourth-order valence-corrected chi connectivity index (χ4v) is 3.05. The Bertz CT molecular complexity index is 434. The molecular weight excluding hydrogens is 363 g/mol. The molecule has 1 aromatic carbocycles. The van der Waals surface area contributed by atoms with Gasteiger partial charge in [-0.2, -0.15) is 0 Å². The van der Waals surface area contributed by atoms with Gasteiger partial charge in [0.1, 0.15) is 0 Å². The van der Waals surface area contributed by atoms with E-state index in [0.717, 1.165) is 35.4 Å². The number of nitrogens with two attached hydrogens (primary N) is 1. The van der Waals surface area contributed by atoms with Gasteiger partial charge in [0.2, 0.25) is 0 Å². The average Bonchev–Trinajstić information content (AvgIpc) is 2.43. The molecule has 2 unspecified atom stereocenters. The number of rotatable bonds is 4. The molecule has 1 heterocycles. The summed E-state index contributed by atoms with van der Waals surface area (Å²) < 4.78 is 6.38. The molecule has 3 nitrogen and oxygen atoms in total. The zero-order valence-corrected chi connectivity index (χ0v) is 14.7. The molecule has 6 heteroatoms. The smallest absolute Gasteiger partial charge is 0.0599 e.